The van der Waals surface area contributed by atoms with Crippen molar-refractivity contribution in [2.45, 2.75) is 45.3 Å². The molecule has 0 amide bonds. The summed E-state index contributed by atoms with van der Waals surface area (Å²) in [6, 6.07) is 2.62. The highest BCUT2D eigenvalue weighted by molar-refractivity contribution is 6.52. The number of hydrogen-bond acceptors (Lipinski definition) is 4. The van der Waals surface area contributed by atoms with Gasteiger partial charge in [-0.25, -0.2) is 0 Å². The van der Waals surface area contributed by atoms with Gasteiger partial charge >= 0.3 is 13.5 Å². The number of pyridine rings is 1. The molecular formula is C14H17BF3NO3. The zero-order valence-electron chi connectivity index (χ0n) is 12.8. The summed E-state index contributed by atoms with van der Waals surface area (Å²) >= 11 is 0. The van der Waals surface area contributed by atoms with Gasteiger partial charge in [0.15, 0.2) is 0 Å². The van der Waals surface area contributed by atoms with Crippen LogP contribution in [0.2, 0.25) is 0 Å². The SMILES string of the molecule is CC1(C)OB(C=Cc2ccc(OC(F)(F)F)cn2)OC1(C)C. The van der Waals surface area contributed by atoms with Gasteiger partial charge in [-0.2, -0.15) is 0 Å². The molecule has 1 aliphatic rings. The number of halogens is 3. The molecule has 0 bridgehead atoms. The van der Waals surface area contributed by atoms with Crippen molar-refractivity contribution < 1.29 is 27.2 Å². The van der Waals surface area contributed by atoms with Gasteiger partial charge in [0.1, 0.15) is 5.75 Å². The van der Waals surface area contributed by atoms with Crippen molar-refractivity contribution in [2.75, 3.05) is 0 Å². The summed E-state index contributed by atoms with van der Waals surface area (Å²) in [6.45, 7) is 7.73. The quantitative estimate of drug-likeness (QED) is 0.799. The van der Waals surface area contributed by atoms with Crippen LogP contribution in [0.25, 0.3) is 6.08 Å². The normalized spacial score (nSPS) is 20.6. The zero-order valence-corrected chi connectivity index (χ0v) is 12.8. The van der Waals surface area contributed by atoms with E-state index in [-0.39, 0.29) is 5.75 Å². The van der Waals surface area contributed by atoms with Gasteiger partial charge in [-0.3, -0.25) is 4.98 Å². The van der Waals surface area contributed by atoms with Crippen LogP contribution in [-0.4, -0.2) is 29.7 Å². The zero-order chi connectivity index (χ0) is 16.6. The summed E-state index contributed by atoms with van der Waals surface area (Å²) < 4.78 is 51.4. The monoisotopic (exact) mass is 315 g/mol. The third-order valence-electron chi connectivity index (χ3n) is 3.69. The first kappa shape index (κ1) is 16.8. The molecule has 1 aliphatic heterocycles. The van der Waals surface area contributed by atoms with Crippen LogP contribution in [0, 0.1) is 0 Å². The second-order valence-corrected chi connectivity index (χ2v) is 5.95. The van der Waals surface area contributed by atoms with Gasteiger partial charge in [0.05, 0.1) is 23.1 Å². The summed E-state index contributed by atoms with van der Waals surface area (Å²) in [5, 5.41) is 0. The average molecular weight is 315 g/mol. The maximum Gasteiger partial charge on any atom is 0.573 e. The standard InChI is InChI=1S/C14H17BF3NO3/c1-12(2)13(3,4)22-15(21-12)8-7-10-5-6-11(9-19-10)20-14(16,17)18/h5-9H,1-4H3. The van der Waals surface area contributed by atoms with E-state index in [1.165, 1.54) is 12.1 Å². The Kier molecular flexibility index (Phi) is 4.27. The first-order chi connectivity index (χ1) is 9.98. The minimum atomic E-state index is -4.72. The smallest absolute Gasteiger partial charge is 0.404 e. The molecule has 8 heteroatoms. The molecule has 0 spiro atoms. The van der Waals surface area contributed by atoms with Crippen molar-refractivity contribution in [1.29, 1.82) is 0 Å². The molecule has 0 unspecified atom stereocenters. The van der Waals surface area contributed by atoms with E-state index in [4.69, 9.17) is 9.31 Å². The predicted octanol–water partition coefficient (Wildman–Crippen LogP) is 3.62. The number of rotatable bonds is 3. The van der Waals surface area contributed by atoms with Crippen LogP contribution in [0.15, 0.2) is 24.3 Å². The average Bonchev–Trinajstić information content (AvgIpc) is 2.55. The molecule has 0 saturated carbocycles. The van der Waals surface area contributed by atoms with E-state index in [9.17, 15) is 13.2 Å². The maximum atomic E-state index is 12.0. The third kappa shape index (κ3) is 4.01. The lowest BCUT2D eigenvalue weighted by atomic mass is 9.89. The van der Waals surface area contributed by atoms with Gasteiger partial charge in [0.25, 0.3) is 0 Å². The van der Waals surface area contributed by atoms with E-state index in [0.29, 0.717) is 5.69 Å². The predicted molar refractivity (Wildman–Crippen MR) is 76.0 cm³/mol. The molecule has 0 N–H and O–H groups in total. The first-order valence-electron chi connectivity index (χ1n) is 6.74. The van der Waals surface area contributed by atoms with Crippen LogP contribution in [0.1, 0.15) is 33.4 Å². The van der Waals surface area contributed by atoms with Gasteiger partial charge in [-0.15, -0.1) is 13.2 Å². The lowest BCUT2D eigenvalue weighted by Crippen LogP contribution is -2.41. The van der Waals surface area contributed by atoms with E-state index in [1.807, 2.05) is 27.7 Å². The fourth-order valence-electron chi connectivity index (χ4n) is 1.83. The van der Waals surface area contributed by atoms with Crippen LogP contribution < -0.4 is 4.74 Å². The van der Waals surface area contributed by atoms with E-state index < -0.39 is 24.7 Å². The number of aromatic nitrogens is 1. The molecule has 22 heavy (non-hydrogen) atoms. The topological polar surface area (TPSA) is 40.6 Å². The maximum absolute atomic E-state index is 12.0. The van der Waals surface area contributed by atoms with Crippen LogP contribution in [0.4, 0.5) is 13.2 Å². The van der Waals surface area contributed by atoms with E-state index in [1.54, 1.807) is 12.1 Å². The molecule has 0 aliphatic carbocycles. The lowest BCUT2D eigenvalue weighted by Gasteiger charge is -2.32. The van der Waals surface area contributed by atoms with Crippen LogP contribution in [0.3, 0.4) is 0 Å². The Labute approximate surface area is 127 Å². The Morgan fingerprint density at radius 2 is 1.73 bits per heavy atom. The lowest BCUT2D eigenvalue weighted by molar-refractivity contribution is -0.274. The van der Waals surface area contributed by atoms with Gasteiger partial charge in [-0.1, -0.05) is 5.98 Å². The van der Waals surface area contributed by atoms with Gasteiger partial charge < -0.3 is 14.0 Å². The molecule has 120 valence electrons. The van der Waals surface area contributed by atoms with Crippen molar-refractivity contribution in [2.24, 2.45) is 0 Å². The highest BCUT2D eigenvalue weighted by Gasteiger charge is 2.50. The molecule has 1 fully saturated rings. The number of ether oxygens (including phenoxy) is 1. The minimum Gasteiger partial charge on any atom is -0.404 e. The molecule has 4 nitrogen and oxygen atoms in total. The summed E-state index contributed by atoms with van der Waals surface area (Å²) in [5.74, 6) is 1.31. The Balaban J connectivity index is 2.00. The first-order valence-corrected chi connectivity index (χ1v) is 6.74. The number of nitrogens with zero attached hydrogens (tertiary/aromatic N) is 1. The van der Waals surface area contributed by atoms with Crippen LogP contribution in [-0.2, 0) is 9.31 Å². The summed E-state index contributed by atoms with van der Waals surface area (Å²) in [7, 11) is -0.530. The second-order valence-electron chi connectivity index (χ2n) is 5.95. The van der Waals surface area contributed by atoms with E-state index in [0.717, 1.165) is 6.20 Å². The largest absolute Gasteiger partial charge is 0.573 e. The Morgan fingerprint density at radius 1 is 1.14 bits per heavy atom. The van der Waals surface area contributed by atoms with E-state index in [2.05, 4.69) is 9.72 Å². The summed E-state index contributed by atoms with van der Waals surface area (Å²) in [4.78, 5) is 3.87. The molecule has 2 heterocycles. The molecule has 1 saturated heterocycles. The molecule has 0 atom stereocenters. The molecule has 0 radical (unpaired) electrons. The molecule has 1 aromatic heterocycles. The highest BCUT2D eigenvalue weighted by Crippen LogP contribution is 2.37. The molecule has 1 aromatic rings. The minimum absolute atomic E-state index is 0.361. The summed E-state index contributed by atoms with van der Waals surface area (Å²) in [6.07, 6.45) is -2.08. The third-order valence-corrected chi connectivity index (χ3v) is 3.69. The van der Waals surface area contributed by atoms with Gasteiger partial charge in [0, 0.05) is 0 Å². The van der Waals surface area contributed by atoms with E-state index >= 15 is 0 Å². The Morgan fingerprint density at radius 3 is 2.18 bits per heavy atom. The fraction of sp³-hybridized carbons (Fsp3) is 0.500. The van der Waals surface area contributed by atoms with Gasteiger partial charge in [0.2, 0.25) is 0 Å². The van der Waals surface area contributed by atoms with Crippen LogP contribution >= 0.6 is 0 Å². The second kappa shape index (κ2) is 5.59. The van der Waals surface area contributed by atoms with Crippen molar-refractivity contribution >= 4 is 13.2 Å². The highest BCUT2D eigenvalue weighted by atomic mass is 19.4. The van der Waals surface area contributed by atoms with Crippen molar-refractivity contribution in [1.82, 2.24) is 4.98 Å². The van der Waals surface area contributed by atoms with Crippen molar-refractivity contribution in [3.05, 3.63) is 30.0 Å². The fourth-order valence-corrected chi connectivity index (χ4v) is 1.83. The molecular weight excluding hydrogens is 298 g/mol. The van der Waals surface area contributed by atoms with Gasteiger partial charge in [-0.05, 0) is 45.9 Å². The molecule has 0 aromatic carbocycles. The Hall–Kier alpha value is -1.54. The molecule has 2 rings (SSSR count). The number of hydrogen-bond donors (Lipinski definition) is 0. The number of alkyl halides is 3. The van der Waals surface area contributed by atoms with Crippen molar-refractivity contribution in [3.8, 4) is 5.75 Å². The van der Waals surface area contributed by atoms with Crippen LogP contribution in [0.5, 0.6) is 5.75 Å². The van der Waals surface area contributed by atoms with Crippen molar-refractivity contribution in [3.63, 3.8) is 0 Å². The Bertz CT molecular complexity index is 539. The summed E-state index contributed by atoms with van der Waals surface area (Å²) in [5.41, 5.74) is -0.413.